The van der Waals surface area contributed by atoms with Crippen molar-refractivity contribution in [1.29, 1.82) is 0 Å². The van der Waals surface area contributed by atoms with Gasteiger partial charge in [-0.2, -0.15) is 0 Å². The fraction of sp³-hybridized carbons (Fsp3) is 0. The van der Waals surface area contributed by atoms with Crippen LogP contribution in [-0.2, 0) is 0 Å². The van der Waals surface area contributed by atoms with Crippen molar-refractivity contribution < 1.29 is 14.9 Å². The summed E-state index contributed by atoms with van der Waals surface area (Å²) in [5.74, 6) is 0.485. The summed E-state index contributed by atoms with van der Waals surface area (Å²) in [6, 6.07) is 8.99. The summed E-state index contributed by atoms with van der Waals surface area (Å²) in [5, 5.41) is 19.0. The maximum absolute atomic E-state index is 9.58. The number of nitrogen functional groups attached to an aromatic ring is 2. The molecule has 0 aliphatic heterocycles. The van der Waals surface area contributed by atoms with E-state index in [0.29, 0.717) is 11.4 Å². The summed E-state index contributed by atoms with van der Waals surface area (Å²) in [4.78, 5) is 0. The third-order valence-corrected chi connectivity index (χ3v) is 2.21. The topological polar surface area (TPSA) is 102 Å². The van der Waals surface area contributed by atoms with Crippen LogP contribution >= 0.6 is 0 Å². The van der Waals surface area contributed by atoms with E-state index in [1.54, 1.807) is 12.1 Å². The number of benzene rings is 2. The van der Waals surface area contributed by atoms with Crippen LogP contribution in [0, 0.1) is 0 Å². The summed E-state index contributed by atoms with van der Waals surface area (Å²) in [5.41, 5.74) is 11.7. The second kappa shape index (κ2) is 4.13. The largest absolute Gasteiger partial charge is 0.506 e. The lowest BCUT2D eigenvalue weighted by Crippen LogP contribution is -1.89. The fourth-order valence-electron chi connectivity index (χ4n) is 1.33. The molecule has 5 nitrogen and oxygen atoms in total. The van der Waals surface area contributed by atoms with E-state index in [-0.39, 0.29) is 22.9 Å². The van der Waals surface area contributed by atoms with E-state index < -0.39 is 0 Å². The lowest BCUT2D eigenvalue weighted by molar-refractivity contribution is 0.408. The first-order valence-electron chi connectivity index (χ1n) is 4.91. The molecule has 0 heterocycles. The minimum Gasteiger partial charge on any atom is -0.506 e. The summed E-state index contributed by atoms with van der Waals surface area (Å²) in [6.07, 6.45) is 0. The van der Waals surface area contributed by atoms with Crippen molar-refractivity contribution in [3.8, 4) is 23.0 Å². The Bertz CT molecular complexity index is 555. The van der Waals surface area contributed by atoms with Gasteiger partial charge in [-0.1, -0.05) is 0 Å². The highest BCUT2D eigenvalue weighted by molar-refractivity contribution is 5.56. The van der Waals surface area contributed by atoms with E-state index >= 15 is 0 Å². The van der Waals surface area contributed by atoms with E-state index in [9.17, 15) is 10.2 Å². The molecule has 0 bridgehead atoms. The van der Waals surface area contributed by atoms with Crippen molar-refractivity contribution in [3.63, 3.8) is 0 Å². The highest BCUT2D eigenvalue weighted by atomic mass is 16.5. The number of anilines is 2. The zero-order chi connectivity index (χ0) is 12.4. The van der Waals surface area contributed by atoms with Crippen LogP contribution in [0.2, 0.25) is 0 Å². The van der Waals surface area contributed by atoms with Gasteiger partial charge in [-0.15, -0.1) is 0 Å². The molecular formula is C12H12N2O3. The number of nitrogens with two attached hydrogens (primary N) is 2. The number of aromatic hydroxyl groups is 2. The van der Waals surface area contributed by atoms with Gasteiger partial charge in [0.15, 0.2) is 11.5 Å². The van der Waals surface area contributed by atoms with Gasteiger partial charge in [0.25, 0.3) is 0 Å². The second-order valence-corrected chi connectivity index (χ2v) is 3.55. The van der Waals surface area contributed by atoms with Gasteiger partial charge in [0, 0.05) is 17.8 Å². The van der Waals surface area contributed by atoms with Crippen molar-refractivity contribution in [2.75, 3.05) is 11.5 Å². The first-order chi connectivity index (χ1) is 8.06. The third kappa shape index (κ3) is 2.34. The summed E-state index contributed by atoms with van der Waals surface area (Å²) in [6.45, 7) is 0. The zero-order valence-electron chi connectivity index (χ0n) is 8.92. The number of phenols is 2. The van der Waals surface area contributed by atoms with E-state index in [2.05, 4.69) is 0 Å². The molecular weight excluding hydrogens is 220 g/mol. The molecule has 5 heteroatoms. The van der Waals surface area contributed by atoms with Crippen LogP contribution in [0.3, 0.4) is 0 Å². The SMILES string of the molecule is Nc1ccc(Oc2ccc(N)c(O)c2)c(O)c1. The first-order valence-corrected chi connectivity index (χ1v) is 4.91. The van der Waals surface area contributed by atoms with Gasteiger partial charge in [0.05, 0.1) is 5.69 Å². The smallest absolute Gasteiger partial charge is 0.169 e. The predicted octanol–water partition coefficient (Wildman–Crippen LogP) is 2.05. The van der Waals surface area contributed by atoms with Crippen LogP contribution in [0.4, 0.5) is 11.4 Å². The van der Waals surface area contributed by atoms with E-state index in [0.717, 1.165) is 0 Å². The number of rotatable bonds is 2. The maximum Gasteiger partial charge on any atom is 0.169 e. The molecule has 0 saturated carbocycles. The number of phenolic OH excluding ortho intramolecular Hbond substituents is 2. The minimum absolute atomic E-state index is 0.0682. The molecule has 0 aliphatic rings. The molecule has 6 N–H and O–H groups in total. The maximum atomic E-state index is 9.58. The molecule has 2 rings (SSSR count). The van der Waals surface area contributed by atoms with Gasteiger partial charge in [-0.05, 0) is 24.3 Å². The van der Waals surface area contributed by atoms with Gasteiger partial charge in [0.2, 0.25) is 0 Å². The molecule has 0 unspecified atom stereocenters. The highest BCUT2D eigenvalue weighted by Crippen LogP contribution is 2.34. The fourth-order valence-corrected chi connectivity index (χ4v) is 1.33. The van der Waals surface area contributed by atoms with Crippen LogP contribution in [0.1, 0.15) is 0 Å². The Morgan fingerprint density at radius 3 is 2.29 bits per heavy atom. The molecule has 0 atom stereocenters. The summed E-state index contributed by atoms with van der Waals surface area (Å²) in [7, 11) is 0. The summed E-state index contributed by atoms with van der Waals surface area (Å²) >= 11 is 0. The van der Waals surface area contributed by atoms with E-state index in [1.165, 1.54) is 24.3 Å². The van der Waals surface area contributed by atoms with Gasteiger partial charge >= 0.3 is 0 Å². The molecule has 2 aromatic rings. The summed E-state index contributed by atoms with van der Waals surface area (Å²) < 4.78 is 5.38. The number of hydrogen-bond donors (Lipinski definition) is 4. The van der Waals surface area contributed by atoms with Crippen LogP contribution in [-0.4, -0.2) is 10.2 Å². The van der Waals surface area contributed by atoms with Gasteiger partial charge in [0.1, 0.15) is 11.5 Å². The molecule has 0 aromatic heterocycles. The molecule has 0 radical (unpaired) electrons. The molecule has 0 spiro atoms. The molecule has 0 fully saturated rings. The number of ether oxygens (including phenoxy) is 1. The minimum atomic E-state index is -0.0718. The zero-order valence-corrected chi connectivity index (χ0v) is 8.92. The van der Waals surface area contributed by atoms with Crippen molar-refractivity contribution in [2.45, 2.75) is 0 Å². The Morgan fingerprint density at radius 2 is 1.65 bits per heavy atom. The Hall–Kier alpha value is -2.56. The monoisotopic (exact) mass is 232 g/mol. The predicted molar refractivity (Wildman–Crippen MR) is 65.1 cm³/mol. The lowest BCUT2D eigenvalue weighted by Gasteiger charge is -2.09. The number of hydrogen-bond acceptors (Lipinski definition) is 5. The average molecular weight is 232 g/mol. The van der Waals surface area contributed by atoms with Crippen LogP contribution in [0.15, 0.2) is 36.4 Å². The quantitative estimate of drug-likeness (QED) is 0.469. The van der Waals surface area contributed by atoms with Crippen molar-refractivity contribution in [2.24, 2.45) is 0 Å². The Balaban J connectivity index is 2.28. The standard InChI is InChI=1S/C12H12N2O3/c13-7-1-4-12(11(16)5-7)17-8-2-3-9(14)10(15)6-8/h1-6,15-16H,13-14H2. The molecule has 0 amide bonds. The molecule has 2 aromatic carbocycles. The molecule has 0 aliphatic carbocycles. The molecule has 0 saturated heterocycles. The average Bonchev–Trinajstić information content (AvgIpc) is 2.27. The molecule has 88 valence electrons. The van der Waals surface area contributed by atoms with E-state index in [4.69, 9.17) is 16.2 Å². The Morgan fingerprint density at radius 1 is 0.882 bits per heavy atom. The van der Waals surface area contributed by atoms with E-state index in [1.807, 2.05) is 0 Å². The molecule has 17 heavy (non-hydrogen) atoms. The lowest BCUT2D eigenvalue weighted by atomic mass is 10.2. The van der Waals surface area contributed by atoms with Crippen LogP contribution in [0.25, 0.3) is 0 Å². The first kappa shape index (κ1) is 10.9. The van der Waals surface area contributed by atoms with Crippen molar-refractivity contribution in [3.05, 3.63) is 36.4 Å². The normalized spacial score (nSPS) is 10.1. The van der Waals surface area contributed by atoms with Gasteiger partial charge < -0.3 is 26.4 Å². The van der Waals surface area contributed by atoms with Gasteiger partial charge in [-0.3, -0.25) is 0 Å². The van der Waals surface area contributed by atoms with Crippen LogP contribution in [0.5, 0.6) is 23.0 Å². The van der Waals surface area contributed by atoms with Crippen molar-refractivity contribution >= 4 is 11.4 Å². The third-order valence-electron chi connectivity index (χ3n) is 2.21. The Labute approximate surface area is 97.9 Å². The highest BCUT2D eigenvalue weighted by Gasteiger charge is 2.06. The second-order valence-electron chi connectivity index (χ2n) is 3.55. The van der Waals surface area contributed by atoms with Crippen LogP contribution < -0.4 is 16.2 Å². The van der Waals surface area contributed by atoms with Gasteiger partial charge in [-0.25, -0.2) is 0 Å². The Kier molecular flexibility index (Phi) is 2.66. The van der Waals surface area contributed by atoms with Crippen molar-refractivity contribution in [1.82, 2.24) is 0 Å².